The minimum atomic E-state index is 0.511. The quantitative estimate of drug-likeness (QED) is 0.407. The smallest absolute Gasteiger partial charge is 0.238 e. The van der Waals surface area contributed by atoms with E-state index in [1.807, 2.05) is 0 Å². The Morgan fingerprint density at radius 2 is 2.18 bits per heavy atom. The highest BCUT2D eigenvalue weighted by Gasteiger charge is 2.08. The summed E-state index contributed by atoms with van der Waals surface area (Å²) < 4.78 is 0. The molecular weight excluding hydrogens is 138 g/mol. The summed E-state index contributed by atoms with van der Waals surface area (Å²) in [5.74, 6) is 0. The molecule has 0 atom stereocenters. The summed E-state index contributed by atoms with van der Waals surface area (Å²) in [5, 5.41) is 8.43. The number of benzene rings is 1. The Labute approximate surface area is 64.7 Å². The van der Waals surface area contributed by atoms with Gasteiger partial charge in [-0.25, -0.2) is 4.85 Å². The third kappa shape index (κ3) is 1.33. The molecule has 1 aromatic rings. The van der Waals surface area contributed by atoms with E-state index < -0.39 is 0 Å². The molecule has 0 aliphatic heterocycles. The topological polar surface area (TPSA) is 32.5 Å². The molecule has 0 saturated heterocycles. The van der Waals surface area contributed by atoms with Gasteiger partial charge in [-0.1, -0.05) is 0 Å². The summed E-state index contributed by atoms with van der Waals surface area (Å²) >= 11 is 0. The van der Waals surface area contributed by atoms with E-state index in [0.29, 0.717) is 11.4 Å². The summed E-state index contributed by atoms with van der Waals surface area (Å²) in [6, 6.07) is 4.92. The van der Waals surface area contributed by atoms with Gasteiger partial charge in [0, 0.05) is 11.6 Å². The molecule has 3 heteroatoms. The van der Waals surface area contributed by atoms with Crippen molar-refractivity contribution in [1.29, 1.82) is 5.39 Å². The van der Waals surface area contributed by atoms with E-state index >= 15 is 0 Å². The molecule has 0 fully saturated rings. The van der Waals surface area contributed by atoms with Crippen LogP contribution in [0.25, 0.3) is 9.82 Å². The molecule has 3 nitrogen and oxygen atoms in total. The van der Waals surface area contributed by atoms with E-state index in [9.17, 15) is 0 Å². The molecule has 0 aliphatic rings. The molecule has 1 rings (SSSR count). The minimum absolute atomic E-state index is 0.511. The van der Waals surface area contributed by atoms with Gasteiger partial charge < -0.3 is 0 Å². The normalized spacial score (nSPS) is 8.27. The number of hydrogen-bond donors (Lipinski definition) is 0. The van der Waals surface area contributed by atoms with Crippen molar-refractivity contribution in [2.45, 2.75) is 6.92 Å². The number of diazo groups is 1. The molecule has 1 aromatic carbocycles. The van der Waals surface area contributed by atoms with Gasteiger partial charge in [0.15, 0.2) is 10.7 Å². The van der Waals surface area contributed by atoms with Crippen LogP contribution in [0.1, 0.15) is 5.56 Å². The average Bonchev–Trinajstić information content (AvgIpc) is 2.04. The average molecular weight is 144 g/mol. The van der Waals surface area contributed by atoms with Crippen molar-refractivity contribution in [3.8, 4) is 0 Å². The molecule has 11 heavy (non-hydrogen) atoms. The van der Waals surface area contributed by atoms with E-state index in [4.69, 9.17) is 12.0 Å². The second-order valence-corrected chi connectivity index (χ2v) is 2.18. The van der Waals surface area contributed by atoms with Crippen LogP contribution in [0, 0.1) is 18.9 Å². The van der Waals surface area contributed by atoms with Crippen molar-refractivity contribution in [2.24, 2.45) is 0 Å². The number of aryl methyl sites for hydroxylation is 1. The van der Waals surface area contributed by atoms with Crippen molar-refractivity contribution in [3.63, 3.8) is 0 Å². The van der Waals surface area contributed by atoms with Crippen LogP contribution in [0.15, 0.2) is 18.2 Å². The summed E-state index contributed by atoms with van der Waals surface area (Å²) in [7, 11) is 0. The Morgan fingerprint density at radius 1 is 1.45 bits per heavy atom. The van der Waals surface area contributed by atoms with Gasteiger partial charge >= 0.3 is 5.69 Å². The van der Waals surface area contributed by atoms with Gasteiger partial charge in [0.05, 0.1) is 6.57 Å². The number of hydrogen-bond acceptors (Lipinski definition) is 1. The van der Waals surface area contributed by atoms with E-state index in [-0.39, 0.29) is 0 Å². The van der Waals surface area contributed by atoms with Crippen LogP contribution < -0.4 is 0 Å². The monoisotopic (exact) mass is 144 g/mol. The molecule has 52 valence electrons. The van der Waals surface area contributed by atoms with E-state index in [0.717, 1.165) is 5.56 Å². The molecule has 0 heterocycles. The molecule has 0 spiro atoms. The van der Waals surface area contributed by atoms with Gasteiger partial charge in [0.2, 0.25) is 5.39 Å². The standard InChI is InChI=1S/C8H6N3/c1-6-5-7(10-2)3-4-8(6)11-9/h3-5H,1H3/q+1. The largest absolute Gasteiger partial charge is 0.385 e. The molecular formula is C8H6N3+. The Morgan fingerprint density at radius 3 is 2.64 bits per heavy atom. The second-order valence-electron chi connectivity index (χ2n) is 2.18. The SMILES string of the molecule is [C-]#[N+]c1ccc([N+]#N)c(C)c1. The van der Waals surface area contributed by atoms with Gasteiger partial charge in [-0.2, -0.15) is 0 Å². The molecule has 0 aliphatic carbocycles. The third-order valence-electron chi connectivity index (χ3n) is 1.42. The van der Waals surface area contributed by atoms with Crippen LogP contribution in [-0.4, -0.2) is 0 Å². The molecule has 0 bridgehead atoms. The lowest BCUT2D eigenvalue weighted by atomic mass is 10.2. The van der Waals surface area contributed by atoms with Gasteiger partial charge in [-0.05, 0) is 19.1 Å². The van der Waals surface area contributed by atoms with Crippen molar-refractivity contribution < 1.29 is 0 Å². The van der Waals surface area contributed by atoms with Gasteiger partial charge in [0.25, 0.3) is 0 Å². The van der Waals surface area contributed by atoms with Crippen LogP contribution in [0.4, 0.5) is 11.4 Å². The zero-order valence-corrected chi connectivity index (χ0v) is 6.07. The van der Waals surface area contributed by atoms with Crippen molar-refractivity contribution in [1.82, 2.24) is 0 Å². The Hall–Kier alpha value is -1.87. The summed E-state index contributed by atoms with van der Waals surface area (Å²) in [4.78, 5) is 6.28. The predicted octanol–water partition coefficient (Wildman–Crippen LogP) is 3.03. The van der Waals surface area contributed by atoms with Crippen LogP contribution in [0.2, 0.25) is 0 Å². The second kappa shape index (κ2) is 2.81. The van der Waals surface area contributed by atoms with Gasteiger partial charge in [-0.3, -0.25) is 0 Å². The summed E-state index contributed by atoms with van der Waals surface area (Å²) in [5.41, 5.74) is 1.88. The Bertz CT molecular complexity index is 355. The highest BCUT2D eigenvalue weighted by molar-refractivity contribution is 5.59. The third-order valence-corrected chi connectivity index (χ3v) is 1.42. The van der Waals surface area contributed by atoms with E-state index in [1.54, 1.807) is 25.1 Å². The summed E-state index contributed by atoms with van der Waals surface area (Å²) in [6.45, 7) is 8.50. The zero-order chi connectivity index (χ0) is 8.27. The van der Waals surface area contributed by atoms with Crippen molar-refractivity contribution in [2.75, 3.05) is 0 Å². The number of rotatable bonds is 0. The first-order valence-electron chi connectivity index (χ1n) is 3.11. The lowest BCUT2D eigenvalue weighted by Crippen LogP contribution is -1.69. The molecule has 0 saturated carbocycles. The van der Waals surface area contributed by atoms with Crippen LogP contribution in [-0.2, 0) is 0 Å². The molecule has 0 radical (unpaired) electrons. The highest BCUT2D eigenvalue weighted by Crippen LogP contribution is 2.23. The minimum Gasteiger partial charge on any atom is -0.238 e. The maximum Gasteiger partial charge on any atom is 0.385 e. The fourth-order valence-electron chi connectivity index (χ4n) is 0.821. The maximum absolute atomic E-state index is 8.43. The fraction of sp³-hybridized carbons (Fsp3) is 0.125. The first-order valence-corrected chi connectivity index (χ1v) is 3.11. The van der Waals surface area contributed by atoms with Crippen LogP contribution in [0.3, 0.4) is 0 Å². The highest BCUT2D eigenvalue weighted by atomic mass is 14.8. The van der Waals surface area contributed by atoms with E-state index in [1.165, 1.54) is 0 Å². The summed E-state index contributed by atoms with van der Waals surface area (Å²) in [6.07, 6.45) is 0. The van der Waals surface area contributed by atoms with Crippen LogP contribution in [0.5, 0.6) is 0 Å². The molecule has 0 amide bonds. The van der Waals surface area contributed by atoms with Crippen LogP contribution >= 0.6 is 0 Å². The van der Waals surface area contributed by atoms with Crippen molar-refractivity contribution in [3.05, 3.63) is 40.2 Å². The zero-order valence-electron chi connectivity index (χ0n) is 6.07. The van der Waals surface area contributed by atoms with Crippen molar-refractivity contribution >= 4 is 11.4 Å². The first kappa shape index (κ1) is 7.24. The molecule has 0 unspecified atom stereocenters. The van der Waals surface area contributed by atoms with Gasteiger partial charge in [-0.15, -0.1) is 0 Å². The first-order chi connectivity index (χ1) is 5.27. The van der Waals surface area contributed by atoms with Gasteiger partial charge in [0.1, 0.15) is 0 Å². The Balaban J connectivity index is 3.25. The molecule has 0 aromatic heterocycles. The molecule has 0 N–H and O–H groups in total. The lowest BCUT2D eigenvalue weighted by Gasteiger charge is -1.86. The lowest BCUT2D eigenvalue weighted by molar-refractivity contribution is 1.42. The van der Waals surface area contributed by atoms with E-state index in [2.05, 4.69) is 9.82 Å². The maximum atomic E-state index is 8.43. The number of nitrogens with zero attached hydrogens (tertiary/aromatic N) is 3. The fourth-order valence-corrected chi connectivity index (χ4v) is 0.821. The predicted molar refractivity (Wildman–Crippen MR) is 42.2 cm³/mol. The Kier molecular flexibility index (Phi) is 1.85.